The summed E-state index contributed by atoms with van der Waals surface area (Å²) in [7, 11) is 0. The van der Waals surface area contributed by atoms with E-state index in [1.165, 1.54) is 31.2 Å². The van der Waals surface area contributed by atoms with Gasteiger partial charge in [0.25, 0.3) is 0 Å². The van der Waals surface area contributed by atoms with Gasteiger partial charge in [0.2, 0.25) is 0 Å². The lowest BCUT2D eigenvalue weighted by molar-refractivity contribution is 0.0980. The van der Waals surface area contributed by atoms with Gasteiger partial charge in [0.05, 0.1) is 6.10 Å². The first-order valence-electron chi connectivity index (χ1n) is 8.17. The van der Waals surface area contributed by atoms with Crippen LogP contribution in [0.3, 0.4) is 0 Å². The number of hydrogen-bond donors (Lipinski definition) is 2. The van der Waals surface area contributed by atoms with E-state index in [4.69, 9.17) is 10.6 Å². The zero-order valence-electron chi connectivity index (χ0n) is 13.9. The standard InChI is InChI=1S/C18H30N2O/c1-13(2)21-15-9-7-8-14(12-15)17(20-19)16-10-5-6-11-18(16,3)4/h7-9,12-13,16-17,20H,5-6,10-11,19H2,1-4H3. The van der Waals surface area contributed by atoms with Crippen molar-refractivity contribution >= 4 is 0 Å². The Bertz CT molecular complexity index is 456. The van der Waals surface area contributed by atoms with Crippen molar-refractivity contribution in [2.24, 2.45) is 17.2 Å². The van der Waals surface area contributed by atoms with Gasteiger partial charge in [-0.25, -0.2) is 0 Å². The molecule has 0 radical (unpaired) electrons. The molecular weight excluding hydrogens is 260 g/mol. The van der Waals surface area contributed by atoms with E-state index in [1.807, 2.05) is 6.07 Å². The highest BCUT2D eigenvalue weighted by molar-refractivity contribution is 5.31. The summed E-state index contributed by atoms with van der Waals surface area (Å²) in [6, 6.07) is 8.56. The van der Waals surface area contributed by atoms with Crippen LogP contribution in [0.4, 0.5) is 0 Å². The van der Waals surface area contributed by atoms with Crippen molar-refractivity contribution in [3.05, 3.63) is 29.8 Å². The van der Waals surface area contributed by atoms with Crippen molar-refractivity contribution in [3.63, 3.8) is 0 Å². The Hall–Kier alpha value is -1.06. The SMILES string of the molecule is CC(C)Oc1cccc(C(NN)C2CCCCC2(C)C)c1. The molecule has 0 spiro atoms. The molecule has 1 aliphatic carbocycles. The molecule has 2 rings (SSSR count). The fourth-order valence-corrected chi connectivity index (χ4v) is 3.64. The first kappa shape index (κ1) is 16.3. The number of nitrogens with one attached hydrogen (secondary N) is 1. The summed E-state index contributed by atoms with van der Waals surface area (Å²) in [5.41, 5.74) is 4.62. The lowest BCUT2D eigenvalue weighted by atomic mass is 9.65. The van der Waals surface area contributed by atoms with Gasteiger partial charge in [-0.1, -0.05) is 38.8 Å². The molecule has 1 aromatic carbocycles. The number of ether oxygens (including phenoxy) is 1. The summed E-state index contributed by atoms with van der Waals surface area (Å²) in [5.74, 6) is 7.41. The van der Waals surface area contributed by atoms with Crippen LogP contribution in [-0.4, -0.2) is 6.10 Å². The molecule has 0 aliphatic heterocycles. The van der Waals surface area contributed by atoms with Gasteiger partial charge in [-0.2, -0.15) is 0 Å². The van der Waals surface area contributed by atoms with E-state index >= 15 is 0 Å². The van der Waals surface area contributed by atoms with Crippen LogP contribution in [0.5, 0.6) is 5.75 Å². The fourth-order valence-electron chi connectivity index (χ4n) is 3.64. The Labute approximate surface area is 129 Å². The molecule has 0 heterocycles. The zero-order valence-corrected chi connectivity index (χ0v) is 13.9. The molecule has 1 aromatic rings. The van der Waals surface area contributed by atoms with Crippen molar-refractivity contribution in [2.45, 2.75) is 65.5 Å². The maximum Gasteiger partial charge on any atom is 0.120 e. The van der Waals surface area contributed by atoms with E-state index in [1.54, 1.807) is 0 Å². The zero-order chi connectivity index (χ0) is 15.5. The van der Waals surface area contributed by atoms with Gasteiger partial charge in [-0.15, -0.1) is 0 Å². The number of benzene rings is 1. The molecule has 1 aliphatic rings. The average molecular weight is 290 g/mol. The van der Waals surface area contributed by atoms with Crippen LogP contribution in [0, 0.1) is 11.3 Å². The van der Waals surface area contributed by atoms with Gasteiger partial charge in [0.15, 0.2) is 0 Å². The average Bonchev–Trinajstić information content (AvgIpc) is 2.41. The summed E-state index contributed by atoms with van der Waals surface area (Å²) >= 11 is 0. The molecular formula is C18H30N2O. The van der Waals surface area contributed by atoms with Crippen molar-refractivity contribution < 1.29 is 4.74 Å². The van der Waals surface area contributed by atoms with E-state index in [0.29, 0.717) is 11.3 Å². The summed E-state index contributed by atoms with van der Waals surface area (Å²) in [6.45, 7) is 8.84. The van der Waals surface area contributed by atoms with Gasteiger partial charge in [0.1, 0.15) is 5.75 Å². The molecule has 2 unspecified atom stereocenters. The molecule has 0 saturated heterocycles. The molecule has 3 nitrogen and oxygen atoms in total. The topological polar surface area (TPSA) is 47.3 Å². The normalized spacial score (nSPS) is 23.0. The van der Waals surface area contributed by atoms with Crippen molar-refractivity contribution in [3.8, 4) is 5.75 Å². The van der Waals surface area contributed by atoms with Gasteiger partial charge >= 0.3 is 0 Å². The molecule has 0 bridgehead atoms. The Morgan fingerprint density at radius 1 is 1.29 bits per heavy atom. The number of rotatable bonds is 5. The summed E-state index contributed by atoms with van der Waals surface area (Å²) in [6.07, 6.45) is 5.33. The highest BCUT2D eigenvalue weighted by Gasteiger charge is 2.37. The quantitative estimate of drug-likeness (QED) is 0.631. The maximum atomic E-state index is 5.92. The molecule has 0 amide bonds. The van der Waals surface area contributed by atoms with Crippen LogP contribution < -0.4 is 16.0 Å². The van der Waals surface area contributed by atoms with Gasteiger partial charge in [0, 0.05) is 6.04 Å². The molecule has 3 N–H and O–H groups in total. The van der Waals surface area contributed by atoms with E-state index in [9.17, 15) is 0 Å². The van der Waals surface area contributed by atoms with Crippen LogP contribution >= 0.6 is 0 Å². The predicted octanol–water partition coefficient (Wildman–Crippen LogP) is 4.19. The third kappa shape index (κ3) is 3.98. The highest BCUT2D eigenvalue weighted by atomic mass is 16.5. The second kappa shape index (κ2) is 6.80. The van der Waals surface area contributed by atoms with E-state index in [2.05, 4.69) is 51.3 Å². The van der Waals surface area contributed by atoms with Crippen LogP contribution in [0.1, 0.15) is 65.0 Å². The summed E-state index contributed by atoms with van der Waals surface area (Å²) < 4.78 is 5.82. The fraction of sp³-hybridized carbons (Fsp3) is 0.667. The lowest BCUT2D eigenvalue weighted by Gasteiger charge is -2.43. The summed E-state index contributed by atoms with van der Waals surface area (Å²) in [4.78, 5) is 0. The molecule has 1 saturated carbocycles. The molecule has 1 fully saturated rings. The Morgan fingerprint density at radius 3 is 2.67 bits per heavy atom. The van der Waals surface area contributed by atoms with Gasteiger partial charge in [-0.3, -0.25) is 11.3 Å². The van der Waals surface area contributed by atoms with Crippen LogP contribution in [0.2, 0.25) is 0 Å². The van der Waals surface area contributed by atoms with Crippen LogP contribution in [0.15, 0.2) is 24.3 Å². The van der Waals surface area contributed by atoms with Crippen LogP contribution in [0.25, 0.3) is 0 Å². The largest absolute Gasteiger partial charge is 0.491 e. The van der Waals surface area contributed by atoms with Gasteiger partial charge in [-0.05, 0) is 55.7 Å². The molecule has 2 atom stereocenters. The number of hydrazine groups is 1. The number of hydrogen-bond acceptors (Lipinski definition) is 3. The molecule has 0 aromatic heterocycles. The summed E-state index contributed by atoms with van der Waals surface area (Å²) in [5, 5.41) is 0. The Kier molecular flexibility index (Phi) is 5.28. The highest BCUT2D eigenvalue weighted by Crippen LogP contribution is 2.46. The Morgan fingerprint density at radius 2 is 2.05 bits per heavy atom. The van der Waals surface area contributed by atoms with E-state index in [0.717, 1.165) is 5.75 Å². The first-order valence-corrected chi connectivity index (χ1v) is 8.17. The third-order valence-corrected chi connectivity index (χ3v) is 4.76. The minimum atomic E-state index is 0.190. The smallest absolute Gasteiger partial charge is 0.120 e. The number of nitrogens with two attached hydrogens (primary N) is 1. The van der Waals surface area contributed by atoms with Crippen molar-refractivity contribution in [2.75, 3.05) is 0 Å². The monoisotopic (exact) mass is 290 g/mol. The second-order valence-corrected chi connectivity index (χ2v) is 7.22. The molecule has 118 valence electrons. The van der Waals surface area contributed by atoms with Crippen LogP contribution in [-0.2, 0) is 0 Å². The second-order valence-electron chi connectivity index (χ2n) is 7.22. The first-order chi connectivity index (χ1) is 9.94. The van der Waals surface area contributed by atoms with E-state index in [-0.39, 0.29) is 12.1 Å². The maximum absolute atomic E-state index is 5.92. The van der Waals surface area contributed by atoms with E-state index < -0.39 is 0 Å². The minimum absolute atomic E-state index is 0.190. The van der Waals surface area contributed by atoms with Crippen molar-refractivity contribution in [1.82, 2.24) is 5.43 Å². The lowest BCUT2D eigenvalue weighted by Crippen LogP contribution is -2.41. The molecule has 3 heteroatoms. The third-order valence-electron chi connectivity index (χ3n) is 4.76. The van der Waals surface area contributed by atoms with Gasteiger partial charge < -0.3 is 4.74 Å². The molecule has 21 heavy (non-hydrogen) atoms. The Balaban J connectivity index is 2.24. The predicted molar refractivity (Wildman–Crippen MR) is 88.0 cm³/mol. The van der Waals surface area contributed by atoms with Crippen molar-refractivity contribution in [1.29, 1.82) is 0 Å². The minimum Gasteiger partial charge on any atom is -0.491 e.